The molecule has 1 aromatic rings. The molecule has 0 aliphatic carbocycles. The van der Waals surface area contributed by atoms with Gasteiger partial charge in [-0.3, -0.25) is 0 Å². The van der Waals surface area contributed by atoms with Crippen molar-refractivity contribution in [2.45, 2.75) is 13.3 Å². The summed E-state index contributed by atoms with van der Waals surface area (Å²) >= 11 is 1.80. The lowest BCUT2D eigenvalue weighted by Gasteiger charge is -2.18. The number of hydrogen-bond donors (Lipinski definition) is 1. The van der Waals surface area contributed by atoms with E-state index < -0.39 is 0 Å². The van der Waals surface area contributed by atoms with Crippen molar-refractivity contribution >= 4 is 11.3 Å². The molecular weight excluding hydrogens is 182 g/mol. The molecular formula is C10H17NOS. The average molecular weight is 199 g/mol. The monoisotopic (exact) mass is 199 g/mol. The molecule has 0 radical (unpaired) electrons. The van der Waals surface area contributed by atoms with Gasteiger partial charge < -0.3 is 10.0 Å². The molecule has 13 heavy (non-hydrogen) atoms. The maximum absolute atomic E-state index is 8.79. The number of aliphatic hydroxyl groups is 1. The highest BCUT2D eigenvalue weighted by Crippen LogP contribution is 2.09. The predicted octanol–water partition coefficient (Wildman–Crippen LogP) is 1.60. The molecule has 0 saturated carbocycles. The number of likely N-dealkylation sites (N-methyl/N-ethyl adjacent to an activating group) is 1. The Kier molecular flexibility index (Phi) is 5.05. The SMILES string of the molecule is CCN(CCO)CCc1cccs1. The Morgan fingerprint density at radius 3 is 2.85 bits per heavy atom. The van der Waals surface area contributed by atoms with Gasteiger partial charge in [0.05, 0.1) is 6.61 Å². The zero-order chi connectivity index (χ0) is 9.52. The largest absolute Gasteiger partial charge is 0.395 e. The third kappa shape index (κ3) is 3.89. The van der Waals surface area contributed by atoms with Gasteiger partial charge in [0, 0.05) is 18.0 Å². The molecule has 0 aromatic carbocycles. The molecule has 3 heteroatoms. The van der Waals surface area contributed by atoms with Crippen molar-refractivity contribution in [3.8, 4) is 0 Å². The highest BCUT2D eigenvalue weighted by atomic mass is 32.1. The van der Waals surface area contributed by atoms with Crippen LogP contribution in [0, 0.1) is 0 Å². The molecule has 0 saturated heterocycles. The van der Waals surface area contributed by atoms with E-state index in [1.807, 2.05) is 0 Å². The first-order valence-electron chi connectivity index (χ1n) is 4.72. The lowest BCUT2D eigenvalue weighted by molar-refractivity contribution is 0.204. The third-order valence-corrected chi connectivity index (χ3v) is 3.05. The molecule has 1 aromatic heterocycles. The van der Waals surface area contributed by atoms with E-state index in [-0.39, 0.29) is 6.61 Å². The van der Waals surface area contributed by atoms with Gasteiger partial charge in [0.1, 0.15) is 0 Å². The second kappa shape index (κ2) is 6.13. The molecule has 0 atom stereocenters. The second-order valence-electron chi connectivity index (χ2n) is 2.99. The smallest absolute Gasteiger partial charge is 0.0558 e. The fraction of sp³-hybridized carbons (Fsp3) is 0.600. The van der Waals surface area contributed by atoms with E-state index in [1.165, 1.54) is 4.88 Å². The molecule has 0 spiro atoms. The van der Waals surface area contributed by atoms with Crippen LogP contribution in [-0.2, 0) is 6.42 Å². The first kappa shape index (κ1) is 10.7. The maximum Gasteiger partial charge on any atom is 0.0558 e. The minimum Gasteiger partial charge on any atom is -0.395 e. The van der Waals surface area contributed by atoms with Gasteiger partial charge in [-0.05, 0) is 24.4 Å². The van der Waals surface area contributed by atoms with Gasteiger partial charge in [-0.15, -0.1) is 11.3 Å². The summed E-state index contributed by atoms with van der Waals surface area (Å²) in [4.78, 5) is 3.69. The summed E-state index contributed by atoms with van der Waals surface area (Å²) in [7, 11) is 0. The van der Waals surface area contributed by atoms with E-state index in [9.17, 15) is 0 Å². The van der Waals surface area contributed by atoms with Crippen LogP contribution < -0.4 is 0 Å². The first-order chi connectivity index (χ1) is 6.36. The Labute approximate surface area is 83.8 Å². The predicted molar refractivity (Wildman–Crippen MR) is 57.2 cm³/mol. The van der Waals surface area contributed by atoms with Crippen molar-refractivity contribution in [2.75, 3.05) is 26.2 Å². The molecule has 0 amide bonds. The van der Waals surface area contributed by atoms with E-state index in [4.69, 9.17) is 5.11 Å². The number of aliphatic hydroxyl groups excluding tert-OH is 1. The van der Waals surface area contributed by atoms with Crippen LogP contribution in [0.1, 0.15) is 11.8 Å². The molecule has 1 N–H and O–H groups in total. The zero-order valence-electron chi connectivity index (χ0n) is 8.07. The molecule has 2 nitrogen and oxygen atoms in total. The lowest BCUT2D eigenvalue weighted by Crippen LogP contribution is -2.28. The first-order valence-corrected chi connectivity index (χ1v) is 5.60. The van der Waals surface area contributed by atoms with Crippen molar-refractivity contribution in [2.24, 2.45) is 0 Å². The summed E-state index contributed by atoms with van der Waals surface area (Å²) in [6.07, 6.45) is 1.10. The number of nitrogens with zero attached hydrogens (tertiary/aromatic N) is 1. The summed E-state index contributed by atoms with van der Waals surface area (Å²) < 4.78 is 0. The number of thiophene rings is 1. The summed E-state index contributed by atoms with van der Waals surface area (Å²) in [6.45, 7) is 5.26. The van der Waals surface area contributed by atoms with Gasteiger partial charge in [0.2, 0.25) is 0 Å². The summed E-state index contributed by atoms with van der Waals surface area (Å²) in [5.74, 6) is 0. The van der Waals surface area contributed by atoms with Gasteiger partial charge in [-0.1, -0.05) is 13.0 Å². The summed E-state index contributed by atoms with van der Waals surface area (Å²) in [5.41, 5.74) is 0. The molecule has 74 valence electrons. The summed E-state index contributed by atoms with van der Waals surface area (Å²) in [5, 5.41) is 10.9. The van der Waals surface area contributed by atoms with E-state index in [0.29, 0.717) is 0 Å². The Morgan fingerprint density at radius 2 is 2.31 bits per heavy atom. The van der Waals surface area contributed by atoms with Crippen LogP contribution in [0.3, 0.4) is 0 Å². The highest BCUT2D eigenvalue weighted by Gasteiger charge is 2.01. The van der Waals surface area contributed by atoms with Gasteiger partial charge >= 0.3 is 0 Å². The Bertz CT molecular complexity index is 211. The van der Waals surface area contributed by atoms with Crippen molar-refractivity contribution < 1.29 is 5.11 Å². The number of hydrogen-bond acceptors (Lipinski definition) is 3. The second-order valence-corrected chi connectivity index (χ2v) is 4.02. The van der Waals surface area contributed by atoms with E-state index in [0.717, 1.165) is 26.1 Å². The molecule has 0 aliphatic rings. The van der Waals surface area contributed by atoms with Gasteiger partial charge in [0.25, 0.3) is 0 Å². The molecule has 0 unspecified atom stereocenters. The van der Waals surface area contributed by atoms with Crippen LogP contribution in [0.2, 0.25) is 0 Å². The van der Waals surface area contributed by atoms with E-state index in [1.54, 1.807) is 11.3 Å². The number of rotatable bonds is 6. The topological polar surface area (TPSA) is 23.5 Å². The minimum atomic E-state index is 0.262. The van der Waals surface area contributed by atoms with Gasteiger partial charge in [-0.2, -0.15) is 0 Å². The molecule has 0 fully saturated rings. The van der Waals surface area contributed by atoms with Crippen molar-refractivity contribution in [3.63, 3.8) is 0 Å². The van der Waals surface area contributed by atoms with E-state index in [2.05, 4.69) is 29.3 Å². The minimum absolute atomic E-state index is 0.262. The Morgan fingerprint density at radius 1 is 1.46 bits per heavy atom. The Balaban J connectivity index is 2.23. The molecule has 1 rings (SSSR count). The van der Waals surface area contributed by atoms with Crippen LogP contribution in [0.15, 0.2) is 17.5 Å². The summed E-state index contributed by atoms with van der Waals surface area (Å²) in [6, 6.07) is 4.25. The highest BCUT2D eigenvalue weighted by molar-refractivity contribution is 7.09. The van der Waals surface area contributed by atoms with Crippen molar-refractivity contribution in [1.82, 2.24) is 4.90 Å². The molecule has 0 aliphatic heterocycles. The van der Waals surface area contributed by atoms with E-state index >= 15 is 0 Å². The fourth-order valence-corrected chi connectivity index (χ4v) is 1.99. The normalized spacial score (nSPS) is 11.0. The average Bonchev–Trinajstić information content (AvgIpc) is 2.64. The third-order valence-electron chi connectivity index (χ3n) is 2.12. The lowest BCUT2D eigenvalue weighted by atomic mass is 10.3. The zero-order valence-corrected chi connectivity index (χ0v) is 8.89. The Hall–Kier alpha value is -0.380. The standard InChI is InChI=1S/C10H17NOS/c1-2-11(7-8-12)6-5-10-4-3-9-13-10/h3-4,9,12H,2,5-8H2,1H3. The quantitative estimate of drug-likeness (QED) is 0.752. The van der Waals surface area contributed by atoms with Gasteiger partial charge in [-0.25, -0.2) is 0 Å². The van der Waals surface area contributed by atoms with Crippen molar-refractivity contribution in [3.05, 3.63) is 22.4 Å². The van der Waals surface area contributed by atoms with Crippen molar-refractivity contribution in [1.29, 1.82) is 0 Å². The maximum atomic E-state index is 8.79. The molecule has 0 bridgehead atoms. The van der Waals surface area contributed by atoms with Crippen LogP contribution in [0.5, 0.6) is 0 Å². The van der Waals surface area contributed by atoms with Crippen LogP contribution in [-0.4, -0.2) is 36.2 Å². The van der Waals surface area contributed by atoms with Crippen LogP contribution in [0.25, 0.3) is 0 Å². The molecule has 1 heterocycles. The fourth-order valence-electron chi connectivity index (χ4n) is 1.29. The van der Waals surface area contributed by atoms with Crippen LogP contribution in [0.4, 0.5) is 0 Å². The van der Waals surface area contributed by atoms with Crippen LogP contribution >= 0.6 is 11.3 Å². The van der Waals surface area contributed by atoms with Gasteiger partial charge in [0.15, 0.2) is 0 Å².